The fourth-order valence-electron chi connectivity index (χ4n) is 2.20. The SMILES string of the molecule is Cc1cc(-c2nnnn2-c2ccc(F)cc2C)ccc1N. The Bertz CT molecular complexity index is 810. The maximum atomic E-state index is 13.2. The minimum Gasteiger partial charge on any atom is -0.399 e. The monoisotopic (exact) mass is 283 g/mol. The fraction of sp³-hybridized carbons (Fsp3) is 0.133. The van der Waals surface area contributed by atoms with E-state index in [0.29, 0.717) is 5.82 Å². The van der Waals surface area contributed by atoms with Crippen molar-refractivity contribution in [3.05, 3.63) is 53.3 Å². The van der Waals surface area contributed by atoms with Crippen LogP contribution in [0, 0.1) is 19.7 Å². The fourth-order valence-corrected chi connectivity index (χ4v) is 2.20. The van der Waals surface area contributed by atoms with Crippen molar-refractivity contribution < 1.29 is 4.39 Å². The third-order valence-corrected chi connectivity index (χ3v) is 3.38. The number of hydrogen-bond donors (Lipinski definition) is 1. The Morgan fingerprint density at radius 3 is 2.57 bits per heavy atom. The van der Waals surface area contributed by atoms with E-state index >= 15 is 0 Å². The van der Waals surface area contributed by atoms with Gasteiger partial charge in [-0.3, -0.25) is 0 Å². The van der Waals surface area contributed by atoms with Crippen LogP contribution in [0.1, 0.15) is 11.1 Å². The van der Waals surface area contributed by atoms with E-state index in [4.69, 9.17) is 5.73 Å². The van der Waals surface area contributed by atoms with Crippen molar-refractivity contribution in [2.24, 2.45) is 0 Å². The van der Waals surface area contributed by atoms with E-state index < -0.39 is 0 Å². The zero-order valence-electron chi connectivity index (χ0n) is 11.7. The topological polar surface area (TPSA) is 69.6 Å². The molecule has 106 valence electrons. The van der Waals surface area contributed by atoms with Crippen molar-refractivity contribution >= 4 is 5.69 Å². The molecule has 2 N–H and O–H groups in total. The Morgan fingerprint density at radius 2 is 1.86 bits per heavy atom. The quantitative estimate of drug-likeness (QED) is 0.734. The lowest BCUT2D eigenvalue weighted by Crippen LogP contribution is -2.03. The van der Waals surface area contributed by atoms with E-state index in [1.165, 1.54) is 12.1 Å². The molecule has 0 fully saturated rings. The largest absolute Gasteiger partial charge is 0.399 e. The number of nitrogens with zero attached hydrogens (tertiary/aromatic N) is 4. The van der Waals surface area contributed by atoms with Gasteiger partial charge in [0.15, 0.2) is 5.82 Å². The van der Waals surface area contributed by atoms with Crippen molar-refractivity contribution in [1.82, 2.24) is 20.2 Å². The number of halogens is 1. The number of nitrogen functional groups attached to an aromatic ring is 1. The Balaban J connectivity index is 2.14. The van der Waals surface area contributed by atoms with Crippen LogP contribution >= 0.6 is 0 Å². The van der Waals surface area contributed by atoms with Crippen LogP contribution in [0.25, 0.3) is 17.1 Å². The summed E-state index contributed by atoms with van der Waals surface area (Å²) in [4.78, 5) is 0. The molecule has 6 heteroatoms. The molecule has 0 bridgehead atoms. The maximum absolute atomic E-state index is 13.2. The summed E-state index contributed by atoms with van der Waals surface area (Å²) in [6, 6.07) is 10.1. The van der Waals surface area contributed by atoms with E-state index in [1.54, 1.807) is 10.7 Å². The third kappa shape index (κ3) is 2.35. The average molecular weight is 283 g/mol. The van der Waals surface area contributed by atoms with Gasteiger partial charge in [-0.05, 0) is 71.8 Å². The second-order valence-electron chi connectivity index (χ2n) is 4.92. The van der Waals surface area contributed by atoms with Crippen molar-refractivity contribution in [2.45, 2.75) is 13.8 Å². The Labute approximate surface area is 121 Å². The first-order valence-electron chi connectivity index (χ1n) is 6.47. The van der Waals surface area contributed by atoms with Crippen LogP contribution in [0.5, 0.6) is 0 Å². The number of rotatable bonds is 2. The molecule has 1 aromatic heterocycles. The predicted octanol–water partition coefficient (Wildman–Crippen LogP) is 2.67. The second kappa shape index (κ2) is 4.97. The number of aryl methyl sites for hydroxylation is 2. The highest BCUT2D eigenvalue weighted by Crippen LogP contribution is 2.24. The highest BCUT2D eigenvalue weighted by Gasteiger charge is 2.13. The summed E-state index contributed by atoms with van der Waals surface area (Å²) in [5.41, 5.74) is 9.86. The standard InChI is InChI=1S/C15H14FN5/c1-9-7-11(3-5-13(9)17)15-18-19-20-21(15)14-6-4-12(16)8-10(14)2/h3-8H,17H2,1-2H3. The van der Waals surface area contributed by atoms with Crippen molar-refractivity contribution in [1.29, 1.82) is 0 Å². The molecule has 0 saturated carbocycles. The van der Waals surface area contributed by atoms with Gasteiger partial charge in [-0.1, -0.05) is 0 Å². The summed E-state index contributed by atoms with van der Waals surface area (Å²) in [5.74, 6) is 0.307. The normalized spacial score (nSPS) is 10.8. The lowest BCUT2D eigenvalue weighted by Gasteiger charge is -2.09. The molecule has 0 saturated heterocycles. The molecule has 0 aliphatic heterocycles. The molecule has 3 rings (SSSR count). The molecule has 0 spiro atoms. The molecule has 21 heavy (non-hydrogen) atoms. The first-order chi connectivity index (χ1) is 10.1. The van der Waals surface area contributed by atoms with Gasteiger partial charge in [0.05, 0.1) is 5.69 Å². The van der Waals surface area contributed by atoms with Crippen LogP contribution in [0.3, 0.4) is 0 Å². The van der Waals surface area contributed by atoms with Crippen LogP contribution in [-0.4, -0.2) is 20.2 Å². The second-order valence-corrected chi connectivity index (χ2v) is 4.92. The van der Waals surface area contributed by atoms with Crippen LogP contribution in [0.15, 0.2) is 36.4 Å². The zero-order chi connectivity index (χ0) is 15.0. The summed E-state index contributed by atoms with van der Waals surface area (Å²) in [7, 11) is 0. The van der Waals surface area contributed by atoms with E-state index in [-0.39, 0.29) is 5.82 Å². The first kappa shape index (κ1) is 13.2. The molecule has 5 nitrogen and oxygen atoms in total. The molecular weight excluding hydrogens is 269 g/mol. The summed E-state index contributed by atoms with van der Waals surface area (Å²) in [6.07, 6.45) is 0. The lowest BCUT2D eigenvalue weighted by atomic mass is 10.1. The number of nitrogens with two attached hydrogens (primary N) is 1. The molecule has 0 amide bonds. The predicted molar refractivity (Wildman–Crippen MR) is 78.4 cm³/mol. The molecule has 0 radical (unpaired) electrons. The minimum absolute atomic E-state index is 0.283. The molecular formula is C15H14FN5. The van der Waals surface area contributed by atoms with Gasteiger partial charge in [0.1, 0.15) is 5.82 Å². The highest BCUT2D eigenvalue weighted by molar-refractivity contribution is 5.63. The Morgan fingerprint density at radius 1 is 1.05 bits per heavy atom. The number of hydrogen-bond acceptors (Lipinski definition) is 4. The van der Waals surface area contributed by atoms with Crippen LogP contribution in [0.4, 0.5) is 10.1 Å². The number of tetrazole rings is 1. The van der Waals surface area contributed by atoms with Crippen molar-refractivity contribution in [3.8, 4) is 17.1 Å². The van der Waals surface area contributed by atoms with Gasteiger partial charge in [0, 0.05) is 11.3 Å². The van der Waals surface area contributed by atoms with Gasteiger partial charge in [0.25, 0.3) is 0 Å². The summed E-state index contributed by atoms with van der Waals surface area (Å²) in [6.45, 7) is 3.74. The Hall–Kier alpha value is -2.76. The van der Waals surface area contributed by atoms with Gasteiger partial charge in [-0.2, -0.15) is 4.68 Å². The van der Waals surface area contributed by atoms with E-state index in [1.807, 2.05) is 32.0 Å². The molecule has 3 aromatic rings. The molecule has 0 aliphatic carbocycles. The lowest BCUT2D eigenvalue weighted by molar-refractivity contribution is 0.625. The summed E-state index contributed by atoms with van der Waals surface area (Å²) < 4.78 is 14.8. The maximum Gasteiger partial charge on any atom is 0.187 e. The van der Waals surface area contributed by atoms with Gasteiger partial charge < -0.3 is 5.73 Å². The van der Waals surface area contributed by atoms with Crippen molar-refractivity contribution in [3.63, 3.8) is 0 Å². The van der Waals surface area contributed by atoms with Gasteiger partial charge in [-0.15, -0.1) is 5.10 Å². The van der Waals surface area contributed by atoms with Crippen molar-refractivity contribution in [2.75, 3.05) is 5.73 Å². The third-order valence-electron chi connectivity index (χ3n) is 3.38. The molecule has 0 aliphatic rings. The van der Waals surface area contributed by atoms with E-state index in [0.717, 1.165) is 28.1 Å². The molecule has 0 unspecified atom stereocenters. The molecule has 2 aromatic carbocycles. The average Bonchev–Trinajstić information content (AvgIpc) is 2.91. The number of anilines is 1. The van der Waals surface area contributed by atoms with Gasteiger partial charge in [0.2, 0.25) is 0 Å². The molecule has 0 atom stereocenters. The van der Waals surface area contributed by atoms with Crippen LogP contribution in [-0.2, 0) is 0 Å². The number of benzene rings is 2. The van der Waals surface area contributed by atoms with Gasteiger partial charge >= 0.3 is 0 Å². The minimum atomic E-state index is -0.283. The van der Waals surface area contributed by atoms with Crippen LogP contribution < -0.4 is 5.73 Å². The summed E-state index contributed by atoms with van der Waals surface area (Å²) in [5, 5.41) is 11.8. The summed E-state index contributed by atoms with van der Waals surface area (Å²) >= 11 is 0. The highest BCUT2D eigenvalue weighted by atomic mass is 19.1. The first-order valence-corrected chi connectivity index (χ1v) is 6.47. The number of aromatic nitrogens is 4. The van der Waals surface area contributed by atoms with E-state index in [2.05, 4.69) is 15.5 Å². The smallest absolute Gasteiger partial charge is 0.187 e. The van der Waals surface area contributed by atoms with E-state index in [9.17, 15) is 4.39 Å². The zero-order valence-corrected chi connectivity index (χ0v) is 11.7. The van der Waals surface area contributed by atoms with Crippen LogP contribution in [0.2, 0.25) is 0 Å². The molecule has 1 heterocycles. The van der Waals surface area contributed by atoms with Gasteiger partial charge in [-0.25, -0.2) is 4.39 Å². The Kier molecular flexibility index (Phi) is 3.13.